The zero-order chi connectivity index (χ0) is 21.9. The third-order valence-electron chi connectivity index (χ3n) is 6.03. The van der Waals surface area contributed by atoms with E-state index in [0.29, 0.717) is 18.7 Å². The lowest BCUT2D eigenvalue weighted by atomic mass is 10.1. The van der Waals surface area contributed by atoms with Crippen LogP contribution in [0.3, 0.4) is 0 Å². The van der Waals surface area contributed by atoms with Crippen LogP contribution in [0.4, 0.5) is 0 Å². The lowest BCUT2D eigenvalue weighted by Gasteiger charge is -2.33. The fourth-order valence-corrected chi connectivity index (χ4v) is 5.12. The average Bonchev–Trinajstić information content (AvgIpc) is 3.58. The molecule has 0 aliphatic carbocycles. The van der Waals surface area contributed by atoms with Crippen molar-refractivity contribution in [2.45, 2.75) is 38.8 Å². The molecule has 1 aliphatic rings. The van der Waals surface area contributed by atoms with E-state index in [2.05, 4.69) is 31.7 Å². The number of hydrogen-bond donors (Lipinski definition) is 1. The summed E-state index contributed by atoms with van der Waals surface area (Å²) < 4.78 is 7.58. The number of aromatic nitrogens is 3. The van der Waals surface area contributed by atoms with Crippen molar-refractivity contribution in [3.8, 4) is 0 Å². The van der Waals surface area contributed by atoms with Crippen molar-refractivity contribution in [1.29, 1.82) is 0 Å². The summed E-state index contributed by atoms with van der Waals surface area (Å²) in [5.74, 6) is 0.789. The van der Waals surface area contributed by atoms with Gasteiger partial charge in [-0.1, -0.05) is 12.5 Å². The Hall–Kier alpha value is -2.97. The van der Waals surface area contributed by atoms with Crippen LogP contribution in [0, 0.1) is 6.92 Å². The third-order valence-corrected chi connectivity index (χ3v) is 6.89. The van der Waals surface area contributed by atoms with Gasteiger partial charge in [0, 0.05) is 17.1 Å². The second-order valence-corrected chi connectivity index (χ2v) is 9.30. The molecule has 0 spiro atoms. The Labute approximate surface area is 191 Å². The summed E-state index contributed by atoms with van der Waals surface area (Å²) >= 11 is 1.69. The summed E-state index contributed by atoms with van der Waals surface area (Å²) in [5, 5.41) is 10.5. The molecule has 1 saturated heterocycles. The van der Waals surface area contributed by atoms with Gasteiger partial charge in [-0.3, -0.25) is 9.69 Å². The lowest BCUT2D eigenvalue weighted by molar-refractivity contribution is 0.0915. The molecule has 1 atom stereocenters. The monoisotopic (exact) mass is 449 g/mol. The minimum absolute atomic E-state index is 0.0363. The number of hydrogen-bond acceptors (Lipinski definition) is 6. The van der Waals surface area contributed by atoms with Crippen molar-refractivity contribution in [3.05, 3.63) is 70.1 Å². The Morgan fingerprint density at radius 2 is 2.12 bits per heavy atom. The van der Waals surface area contributed by atoms with Gasteiger partial charge >= 0.3 is 0 Å². The standard InChI is InChI=1S/C24H27N5O2S/c1-17-13-19(20-14-26-29(23(20)27-17)16-18-7-6-12-32-18)24(30)25-15-21(22-8-5-11-31-22)28-9-3-2-4-10-28/h5-8,11-14,21H,2-4,9-10,15-16H2,1H3,(H,25,30). The molecule has 1 amide bonds. The summed E-state index contributed by atoms with van der Waals surface area (Å²) in [7, 11) is 0. The van der Waals surface area contributed by atoms with Crippen molar-refractivity contribution in [1.82, 2.24) is 25.0 Å². The number of nitrogens with zero attached hydrogens (tertiary/aromatic N) is 4. The van der Waals surface area contributed by atoms with Crippen LogP contribution in [0.5, 0.6) is 0 Å². The Morgan fingerprint density at radius 3 is 2.88 bits per heavy atom. The van der Waals surface area contributed by atoms with E-state index in [-0.39, 0.29) is 11.9 Å². The number of rotatable bonds is 7. The summed E-state index contributed by atoms with van der Waals surface area (Å²) in [5.41, 5.74) is 2.15. The first-order chi connectivity index (χ1) is 15.7. The summed E-state index contributed by atoms with van der Waals surface area (Å²) in [6.07, 6.45) is 7.07. The van der Waals surface area contributed by atoms with Crippen LogP contribution >= 0.6 is 11.3 Å². The van der Waals surface area contributed by atoms with Gasteiger partial charge in [0.05, 0.1) is 36.0 Å². The molecule has 5 heterocycles. The van der Waals surface area contributed by atoms with Crippen LogP contribution < -0.4 is 5.32 Å². The van der Waals surface area contributed by atoms with E-state index in [1.54, 1.807) is 23.8 Å². The second-order valence-electron chi connectivity index (χ2n) is 8.27. The molecule has 7 nitrogen and oxygen atoms in total. The fourth-order valence-electron chi connectivity index (χ4n) is 4.43. The van der Waals surface area contributed by atoms with Crippen molar-refractivity contribution < 1.29 is 9.21 Å². The molecule has 5 rings (SSSR count). The van der Waals surface area contributed by atoms with Crippen molar-refractivity contribution >= 4 is 28.3 Å². The summed E-state index contributed by atoms with van der Waals surface area (Å²) in [6, 6.07) is 9.89. The zero-order valence-corrected chi connectivity index (χ0v) is 19.0. The minimum Gasteiger partial charge on any atom is -0.468 e. The van der Waals surface area contributed by atoms with Gasteiger partial charge in [-0.2, -0.15) is 5.10 Å². The highest BCUT2D eigenvalue weighted by molar-refractivity contribution is 7.09. The predicted octanol–water partition coefficient (Wildman–Crippen LogP) is 4.40. The molecular formula is C24H27N5O2S. The molecule has 1 fully saturated rings. The highest BCUT2D eigenvalue weighted by Gasteiger charge is 2.25. The molecule has 0 saturated carbocycles. The van der Waals surface area contributed by atoms with Crippen molar-refractivity contribution in [2.75, 3.05) is 19.6 Å². The predicted molar refractivity (Wildman–Crippen MR) is 125 cm³/mol. The molecule has 8 heteroatoms. The number of carbonyl (C=O) groups is 1. The van der Waals surface area contributed by atoms with Gasteiger partial charge in [-0.05, 0) is 62.5 Å². The Bertz CT molecular complexity index is 1180. The first-order valence-electron chi connectivity index (χ1n) is 11.1. The van der Waals surface area contributed by atoms with E-state index < -0.39 is 0 Å². The average molecular weight is 450 g/mol. The van der Waals surface area contributed by atoms with Crippen LogP contribution in [-0.2, 0) is 6.54 Å². The molecule has 0 aromatic carbocycles. The molecule has 1 unspecified atom stereocenters. The van der Waals surface area contributed by atoms with E-state index in [9.17, 15) is 4.79 Å². The SMILES string of the molecule is Cc1cc(C(=O)NCC(c2ccco2)N2CCCCC2)c2cnn(Cc3cccs3)c2n1. The quantitative estimate of drug-likeness (QED) is 0.453. The van der Waals surface area contributed by atoms with Gasteiger partial charge in [0.15, 0.2) is 5.65 Å². The minimum atomic E-state index is -0.107. The van der Waals surface area contributed by atoms with E-state index in [1.807, 2.05) is 35.9 Å². The molecule has 32 heavy (non-hydrogen) atoms. The number of nitrogens with one attached hydrogen (secondary N) is 1. The maximum atomic E-state index is 13.3. The van der Waals surface area contributed by atoms with Crippen LogP contribution in [-0.4, -0.2) is 45.2 Å². The smallest absolute Gasteiger partial charge is 0.252 e. The number of thiophene rings is 1. The first-order valence-corrected chi connectivity index (χ1v) is 12.0. The maximum Gasteiger partial charge on any atom is 0.252 e. The molecule has 4 aromatic rings. The van der Waals surface area contributed by atoms with E-state index in [0.717, 1.165) is 35.6 Å². The van der Waals surface area contributed by atoms with Crippen LogP contribution in [0.1, 0.15) is 52.0 Å². The fraction of sp³-hybridized carbons (Fsp3) is 0.375. The van der Waals surface area contributed by atoms with E-state index >= 15 is 0 Å². The number of amides is 1. The second kappa shape index (κ2) is 9.26. The molecule has 4 aromatic heterocycles. The van der Waals surface area contributed by atoms with Crippen molar-refractivity contribution in [2.24, 2.45) is 0 Å². The number of likely N-dealkylation sites (tertiary alicyclic amines) is 1. The van der Waals surface area contributed by atoms with Gasteiger partial charge < -0.3 is 9.73 Å². The molecule has 0 radical (unpaired) electrons. The van der Waals surface area contributed by atoms with Gasteiger partial charge in [-0.25, -0.2) is 9.67 Å². The molecular weight excluding hydrogens is 422 g/mol. The third kappa shape index (κ3) is 4.33. The maximum absolute atomic E-state index is 13.3. The summed E-state index contributed by atoms with van der Waals surface area (Å²) in [4.78, 5) is 21.6. The van der Waals surface area contributed by atoms with E-state index in [4.69, 9.17) is 4.42 Å². The molecule has 1 N–H and O–H groups in total. The highest BCUT2D eigenvalue weighted by atomic mass is 32.1. The molecule has 0 bridgehead atoms. The lowest BCUT2D eigenvalue weighted by Crippen LogP contribution is -2.40. The Morgan fingerprint density at radius 1 is 1.25 bits per heavy atom. The summed E-state index contributed by atoms with van der Waals surface area (Å²) in [6.45, 7) is 5.11. The number of piperidine rings is 1. The van der Waals surface area contributed by atoms with Gasteiger partial charge in [0.25, 0.3) is 5.91 Å². The zero-order valence-electron chi connectivity index (χ0n) is 18.2. The number of pyridine rings is 1. The number of fused-ring (bicyclic) bond motifs is 1. The molecule has 1 aliphatic heterocycles. The van der Waals surface area contributed by atoms with Crippen LogP contribution in [0.15, 0.2) is 52.6 Å². The number of aryl methyl sites for hydroxylation is 1. The van der Waals surface area contributed by atoms with Crippen LogP contribution in [0.25, 0.3) is 11.0 Å². The van der Waals surface area contributed by atoms with E-state index in [1.165, 1.54) is 24.1 Å². The highest BCUT2D eigenvalue weighted by Crippen LogP contribution is 2.25. The van der Waals surface area contributed by atoms with Crippen LogP contribution in [0.2, 0.25) is 0 Å². The Kier molecular flexibility index (Phi) is 6.05. The number of furan rings is 1. The first kappa shape index (κ1) is 20.9. The van der Waals surface area contributed by atoms with Gasteiger partial charge in [0.1, 0.15) is 5.76 Å². The topological polar surface area (TPSA) is 76.2 Å². The number of carbonyl (C=O) groups excluding carboxylic acids is 1. The normalized spacial score (nSPS) is 15.8. The molecule has 166 valence electrons. The largest absolute Gasteiger partial charge is 0.468 e. The Balaban J connectivity index is 1.37. The van der Waals surface area contributed by atoms with Gasteiger partial charge in [-0.15, -0.1) is 11.3 Å². The van der Waals surface area contributed by atoms with Crippen molar-refractivity contribution in [3.63, 3.8) is 0 Å². The van der Waals surface area contributed by atoms with Gasteiger partial charge in [0.2, 0.25) is 0 Å².